The Morgan fingerprint density at radius 3 is 2.48 bits per heavy atom. The molecule has 0 aliphatic carbocycles. The molecule has 1 aromatic heterocycles. The third-order valence-corrected chi connectivity index (χ3v) is 5.86. The molecule has 10 heteroatoms. The summed E-state index contributed by atoms with van der Waals surface area (Å²) in [5.41, 5.74) is 1.65. The number of hydrogen-bond acceptors (Lipinski definition) is 5. The summed E-state index contributed by atoms with van der Waals surface area (Å²) in [5.74, 6) is -0.480. The first kappa shape index (κ1) is 19.0. The third kappa shape index (κ3) is 3.96. The molecule has 0 fully saturated rings. The number of tetrazole rings is 1. The molecule has 0 saturated carbocycles. The van der Waals surface area contributed by atoms with Crippen LogP contribution in [-0.2, 0) is 10.0 Å². The van der Waals surface area contributed by atoms with Crippen LogP contribution in [0.15, 0.2) is 71.6 Å². The molecule has 0 aliphatic rings. The van der Waals surface area contributed by atoms with Crippen LogP contribution in [0.1, 0.15) is 0 Å². The molecule has 146 valence electrons. The molecule has 0 radical (unpaired) electrons. The lowest BCUT2D eigenvalue weighted by atomic mass is 10.1. The van der Waals surface area contributed by atoms with Gasteiger partial charge < -0.3 is 0 Å². The van der Waals surface area contributed by atoms with Gasteiger partial charge in [-0.3, -0.25) is 4.72 Å². The molecule has 1 heterocycles. The Balaban J connectivity index is 1.70. The molecule has 29 heavy (non-hydrogen) atoms. The fraction of sp³-hybridized carbons (Fsp3) is 0. The van der Waals surface area contributed by atoms with Gasteiger partial charge >= 0.3 is 0 Å². The number of aromatic amines is 1. The van der Waals surface area contributed by atoms with E-state index in [9.17, 15) is 12.8 Å². The van der Waals surface area contributed by atoms with Gasteiger partial charge in [-0.25, -0.2) is 17.9 Å². The third-order valence-electron chi connectivity index (χ3n) is 4.17. The number of anilines is 1. The van der Waals surface area contributed by atoms with Crippen molar-refractivity contribution in [2.24, 2.45) is 0 Å². The number of sulfonamides is 1. The van der Waals surface area contributed by atoms with Gasteiger partial charge in [0.2, 0.25) is 0 Å². The van der Waals surface area contributed by atoms with E-state index < -0.39 is 15.8 Å². The average Bonchev–Trinajstić information content (AvgIpc) is 3.25. The van der Waals surface area contributed by atoms with Crippen molar-refractivity contribution < 1.29 is 12.8 Å². The summed E-state index contributed by atoms with van der Waals surface area (Å²) in [6.07, 6.45) is 0. The Hall–Kier alpha value is -3.30. The Morgan fingerprint density at radius 2 is 1.76 bits per heavy atom. The van der Waals surface area contributed by atoms with Crippen molar-refractivity contribution in [2.75, 3.05) is 4.72 Å². The minimum atomic E-state index is -4.10. The number of nitrogens with zero attached hydrogens (tertiary/aromatic N) is 3. The van der Waals surface area contributed by atoms with Crippen molar-refractivity contribution in [2.45, 2.75) is 4.90 Å². The highest BCUT2D eigenvalue weighted by molar-refractivity contribution is 7.92. The van der Waals surface area contributed by atoms with Crippen molar-refractivity contribution in [3.63, 3.8) is 0 Å². The largest absolute Gasteiger partial charge is 0.277 e. The zero-order chi connectivity index (χ0) is 20.4. The fourth-order valence-corrected chi connectivity index (χ4v) is 4.03. The van der Waals surface area contributed by atoms with E-state index in [0.717, 1.165) is 5.56 Å². The van der Waals surface area contributed by atoms with Gasteiger partial charge in [-0.1, -0.05) is 48.0 Å². The number of benzene rings is 3. The van der Waals surface area contributed by atoms with Crippen LogP contribution >= 0.6 is 11.6 Å². The summed E-state index contributed by atoms with van der Waals surface area (Å²) < 4.78 is 42.3. The van der Waals surface area contributed by atoms with E-state index in [4.69, 9.17) is 11.6 Å². The lowest BCUT2D eigenvalue weighted by Gasteiger charge is -2.12. The molecule has 4 rings (SSSR count). The molecule has 2 N–H and O–H groups in total. The summed E-state index contributed by atoms with van der Waals surface area (Å²) in [7, 11) is -4.10. The van der Waals surface area contributed by atoms with E-state index in [1.54, 1.807) is 6.07 Å². The zero-order valence-corrected chi connectivity index (χ0v) is 16.2. The van der Waals surface area contributed by atoms with Crippen LogP contribution in [0.25, 0.3) is 22.5 Å². The van der Waals surface area contributed by atoms with Gasteiger partial charge in [-0.2, -0.15) is 0 Å². The SMILES string of the molecule is O=S(=O)(Nc1cc(-c2ccccc2)ccc1F)c1ccc(Cl)c(-c2nnn[nH]2)c1. The highest BCUT2D eigenvalue weighted by Crippen LogP contribution is 2.30. The number of nitrogens with one attached hydrogen (secondary N) is 2. The van der Waals surface area contributed by atoms with Crippen LogP contribution in [0.5, 0.6) is 0 Å². The standard InChI is InChI=1S/C19H13ClFN5O2S/c20-16-8-7-14(11-15(16)19-22-25-26-23-19)29(27,28)24-18-10-13(6-9-17(18)21)12-4-2-1-3-5-12/h1-11,24H,(H,22,23,25,26). The Kier molecular flexibility index (Phi) is 4.99. The maximum Gasteiger partial charge on any atom is 0.262 e. The average molecular weight is 430 g/mol. The topological polar surface area (TPSA) is 101 Å². The van der Waals surface area contributed by atoms with Crippen molar-refractivity contribution in [1.29, 1.82) is 0 Å². The van der Waals surface area contributed by atoms with Crippen LogP contribution in [0, 0.1) is 5.82 Å². The van der Waals surface area contributed by atoms with E-state index >= 15 is 0 Å². The number of H-pyrrole nitrogens is 1. The predicted octanol–water partition coefficient (Wildman–Crippen LogP) is 4.13. The summed E-state index contributed by atoms with van der Waals surface area (Å²) in [6.45, 7) is 0. The monoisotopic (exact) mass is 429 g/mol. The van der Waals surface area contributed by atoms with E-state index in [1.807, 2.05) is 30.3 Å². The molecule has 0 saturated heterocycles. The summed E-state index contributed by atoms with van der Waals surface area (Å²) >= 11 is 6.12. The minimum absolute atomic E-state index is 0.113. The summed E-state index contributed by atoms with van der Waals surface area (Å²) in [5, 5.41) is 13.4. The van der Waals surface area contributed by atoms with Crippen LogP contribution in [0.3, 0.4) is 0 Å². The Morgan fingerprint density at radius 1 is 0.966 bits per heavy atom. The number of halogens is 2. The maximum atomic E-state index is 14.3. The van der Waals surface area contributed by atoms with E-state index in [1.165, 1.54) is 30.3 Å². The number of hydrogen-bond donors (Lipinski definition) is 2. The van der Waals surface area contributed by atoms with Gasteiger partial charge in [0.05, 0.1) is 15.6 Å². The molecule has 3 aromatic carbocycles. The van der Waals surface area contributed by atoms with E-state index in [0.29, 0.717) is 11.1 Å². The molecule has 0 spiro atoms. The van der Waals surface area contributed by atoms with Gasteiger partial charge in [0, 0.05) is 5.56 Å². The van der Waals surface area contributed by atoms with Crippen molar-refractivity contribution in [3.8, 4) is 22.5 Å². The highest BCUT2D eigenvalue weighted by Gasteiger charge is 2.20. The zero-order valence-electron chi connectivity index (χ0n) is 14.7. The first-order valence-electron chi connectivity index (χ1n) is 8.35. The predicted molar refractivity (Wildman–Crippen MR) is 107 cm³/mol. The van der Waals surface area contributed by atoms with E-state index in [2.05, 4.69) is 25.3 Å². The van der Waals surface area contributed by atoms with Gasteiger partial charge in [-0.05, 0) is 51.9 Å². The molecular formula is C19H13ClFN5O2S. The Labute approximate surface area is 170 Å². The smallest absolute Gasteiger partial charge is 0.262 e. The van der Waals surface area contributed by atoms with E-state index in [-0.39, 0.29) is 21.4 Å². The lowest BCUT2D eigenvalue weighted by molar-refractivity contribution is 0.598. The molecule has 7 nitrogen and oxygen atoms in total. The summed E-state index contributed by atoms with van der Waals surface area (Å²) in [6, 6.07) is 17.5. The van der Waals surface area contributed by atoms with Crippen molar-refractivity contribution >= 4 is 27.3 Å². The first-order valence-corrected chi connectivity index (χ1v) is 10.2. The van der Waals surface area contributed by atoms with Crippen molar-refractivity contribution in [1.82, 2.24) is 20.6 Å². The number of aromatic nitrogens is 4. The molecule has 0 atom stereocenters. The first-order chi connectivity index (χ1) is 13.9. The molecule has 0 bridgehead atoms. The van der Waals surface area contributed by atoms with Gasteiger partial charge in [-0.15, -0.1) is 5.10 Å². The molecule has 0 unspecified atom stereocenters. The van der Waals surface area contributed by atoms with Crippen LogP contribution in [0.2, 0.25) is 5.02 Å². The van der Waals surface area contributed by atoms with Crippen LogP contribution in [0.4, 0.5) is 10.1 Å². The lowest BCUT2D eigenvalue weighted by Crippen LogP contribution is -2.14. The van der Waals surface area contributed by atoms with Gasteiger partial charge in [0.15, 0.2) is 5.82 Å². The van der Waals surface area contributed by atoms with Crippen LogP contribution < -0.4 is 4.72 Å². The number of rotatable bonds is 5. The molecule has 4 aromatic rings. The molecule has 0 amide bonds. The van der Waals surface area contributed by atoms with Gasteiger partial charge in [0.25, 0.3) is 10.0 Å². The molecule has 0 aliphatic heterocycles. The maximum absolute atomic E-state index is 14.3. The summed E-state index contributed by atoms with van der Waals surface area (Å²) in [4.78, 5) is -0.113. The second-order valence-electron chi connectivity index (χ2n) is 6.06. The van der Waals surface area contributed by atoms with Crippen molar-refractivity contribution in [3.05, 3.63) is 77.6 Å². The Bertz CT molecular complexity index is 1270. The highest BCUT2D eigenvalue weighted by atomic mass is 35.5. The van der Waals surface area contributed by atoms with Crippen LogP contribution in [-0.4, -0.2) is 29.0 Å². The quantitative estimate of drug-likeness (QED) is 0.496. The normalized spacial score (nSPS) is 11.4. The second-order valence-corrected chi connectivity index (χ2v) is 8.15. The van der Waals surface area contributed by atoms with Gasteiger partial charge in [0.1, 0.15) is 5.82 Å². The molecular weight excluding hydrogens is 417 g/mol. The second kappa shape index (κ2) is 7.61. The fourth-order valence-electron chi connectivity index (χ4n) is 2.74. The minimum Gasteiger partial charge on any atom is -0.277 e.